The summed E-state index contributed by atoms with van der Waals surface area (Å²) in [4.78, 5) is 12.0. The van der Waals surface area contributed by atoms with E-state index >= 15 is 0 Å². The van der Waals surface area contributed by atoms with Crippen LogP contribution in [0.4, 0.5) is 0 Å². The molecule has 5 nitrogen and oxygen atoms in total. The number of hydrogen-bond acceptors (Lipinski definition) is 4. The van der Waals surface area contributed by atoms with Crippen molar-refractivity contribution >= 4 is 5.91 Å². The zero-order chi connectivity index (χ0) is 16.7. The third-order valence-electron chi connectivity index (χ3n) is 4.26. The van der Waals surface area contributed by atoms with E-state index in [9.17, 15) is 4.79 Å². The zero-order valence-corrected chi connectivity index (χ0v) is 14.1. The van der Waals surface area contributed by atoms with Gasteiger partial charge in [0.15, 0.2) is 0 Å². The van der Waals surface area contributed by atoms with Crippen molar-refractivity contribution in [2.45, 2.75) is 64.1 Å². The average molecular weight is 320 g/mol. The number of benzene rings is 1. The summed E-state index contributed by atoms with van der Waals surface area (Å²) in [6, 6.07) is 5.27. The Balaban J connectivity index is 2.02. The average Bonchev–Trinajstić information content (AvgIpc) is 3.06. The van der Waals surface area contributed by atoms with E-state index in [1.165, 1.54) is 12.8 Å². The molecule has 0 radical (unpaired) electrons. The summed E-state index contributed by atoms with van der Waals surface area (Å²) in [6.07, 6.45) is 6.46. The van der Waals surface area contributed by atoms with Gasteiger partial charge in [0, 0.05) is 18.2 Å². The quantitative estimate of drug-likeness (QED) is 0.772. The molecule has 1 atom stereocenters. The molecular formula is C18H28N2O3. The molecule has 1 saturated carbocycles. The molecule has 1 aromatic carbocycles. The number of carbonyl (C=O) groups is 1. The Morgan fingerprint density at radius 1 is 1.39 bits per heavy atom. The van der Waals surface area contributed by atoms with Gasteiger partial charge in [-0.25, -0.2) is 0 Å². The van der Waals surface area contributed by atoms with E-state index in [1.54, 1.807) is 7.11 Å². The van der Waals surface area contributed by atoms with Crippen LogP contribution in [0.3, 0.4) is 0 Å². The first kappa shape index (κ1) is 17.6. The van der Waals surface area contributed by atoms with Gasteiger partial charge in [-0.05, 0) is 44.2 Å². The minimum absolute atomic E-state index is 0.116. The molecule has 1 amide bonds. The highest BCUT2D eigenvalue weighted by molar-refractivity contribution is 5.81. The van der Waals surface area contributed by atoms with Crippen LogP contribution in [-0.2, 0) is 11.3 Å². The summed E-state index contributed by atoms with van der Waals surface area (Å²) in [6.45, 7) is 2.44. The zero-order valence-electron chi connectivity index (χ0n) is 14.1. The molecule has 5 heteroatoms. The minimum atomic E-state index is -0.447. The lowest BCUT2D eigenvalue weighted by atomic mass is 10.1. The molecule has 0 aromatic heterocycles. The first-order chi connectivity index (χ1) is 11.1. The molecule has 0 saturated heterocycles. The smallest absolute Gasteiger partial charge is 0.237 e. The van der Waals surface area contributed by atoms with Gasteiger partial charge in [-0.3, -0.25) is 4.79 Å². The van der Waals surface area contributed by atoms with Crippen molar-refractivity contribution in [2.24, 2.45) is 5.73 Å². The van der Waals surface area contributed by atoms with Crippen LogP contribution in [-0.4, -0.2) is 25.2 Å². The lowest BCUT2D eigenvalue weighted by Gasteiger charge is -2.18. The maximum Gasteiger partial charge on any atom is 0.237 e. The largest absolute Gasteiger partial charge is 0.497 e. The van der Waals surface area contributed by atoms with Crippen LogP contribution in [0.5, 0.6) is 11.5 Å². The third-order valence-corrected chi connectivity index (χ3v) is 4.26. The number of nitrogens with two attached hydrogens (primary N) is 1. The van der Waals surface area contributed by atoms with Crippen molar-refractivity contribution in [1.29, 1.82) is 0 Å². The fourth-order valence-corrected chi connectivity index (χ4v) is 2.86. The topological polar surface area (TPSA) is 73.6 Å². The molecule has 1 unspecified atom stereocenters. The Kier molecular flexibility index (Phi) is 6.71. The van der Waals surface area contributed by atoms with Crippen molar-refractivity contribution in [2.75, 3.05) is 7.11 Å². The van der Waals surface area contributed by atoms with Crippen LogP contribution in [0.1, 0.15) is 51.0 Å². The van der Waals surface area contributed by atoms with E-state index in [4.69, 9.17) is 15.2 Å². The van der Waals surface area contributed by atoms with Gasteiger partial charge in [0.1, 0.15) is 11.5 Å². The summed E-state index contributed by atoms with van der Waals surface area (Å²) in [7, 11) is 1.64. The number of amides is 1. The molecule has 1 aromatic rings. The normalized spacial score (nSPS) is 16.1. The maximum absolute atomic E-state index is 12.0. The fraction of sp³-hybridized carbons (Fsp3) is 0.611. The van der Waals surface area contributed by atoms with Crippen molar-refractivity contribution in [3.63, 3.8) is 0 Å². The number of nitrogens with one attached hydrogen (secondary N) is 1. The van der Waals surface area contributed by atoms with E-state index in [-0.39, 0.29) is 12.0 Å². The van der Waals surface area contributed by atoms with Gasteiger partial charge in [0.2, 0.25) is 5.91 Å². The maximum atomic E-state index is 12.0. The van der Waals surface area contributed by atoms with Crippen LogP contribution in [0.25, 0.3) is 0 Å². The molecular weight excluding hydrogens is 292 g/mol. The summed E-state index contributed by atoms with van der Waals surface area (Å²) >= 11 is 0. The standard InChI is InChI=1S/C18H28N2O3/c1-3-6-16(19)18(21)20-12-13-9-10-15(22-2)11-17(13)23-14-7-4-5-8-14/h9-11,14,16H,3-8,12,19H2,1-2H3,(H,20,21). The molecule has 128 valence electrons. The Hall–Kier alpha value is -1.75. The Labute approximate surface area is 138 Å². The van der Waals surface area contributed by atoms with Crippen molar-refractivity contribution in [1.82, 2.24) is 5.32 Å². The summed E-state index contributed by atoms with van der Waals surface area (Å²) in [5.74, 6) is 1.44. The Bertz CT molecular complexity index is 513. The van der Waals surface area contributed by atoms with Gasteiger partial charge in [0.05, 0.1) is 19.3 Å². The van der Waals surface area contributed by atoms with Crippen LogP contribution in [0.2, 0.25) is 0 Å². The Morgan fingerprint density at radius 3 is 2.78 bits per heavy atom. The highest BCUT2D eigenvalue weighted by Gasteiger charge is 2.19. The summed E-state index contributed by atoms with van der Waals surface area (Å²) in [5, 5.41) is 2.90. The van der Waals surface area contributed by atoms with Crippen LogP contribution in [0.15, 0.2) is 18.2 Å². The van der Waals surface area contributed by atoms with Gasteiger partial charge in [-0.15, -0.1) is 0 Å². The fourth-order valence-electron chi connectivity index (χ4n) is 2.86. The molecule has 0 spiro atoms. The van der Waals surface area contributed by atoms with Crippen molar-refractivity contribution < 1.29 is 14.3 Å². The van der Waals surface area contributed by atoms with Crippen molar-refractivity contribution in [3.05, 3.63) is 23.8 Å². The van der Waals surface area contributed by atoms with Crippen LogP contribution < -0.4 is 20.5 Å². The third kappa shape index (κ3) is 5.13. The van der Waals surface area contributed by atoms with Gasteiger partial charge in [-0.2, -0.15) is 0 Å². The summed E-state index contributed by atoms with van der Waals surface area (Å²) < 4.78 is 11.4. The van der Waals surface area contributed by atoms with Gasteiger partial charge in [-0.1, -0.05) is 13.3 Å². The first-order valence-electron chi connectivity index (χ1n) is 8.51. The molecule has 2 rings (SSSR count). The SMILES string of the molecule is CCCC(N)C(=O)NCc1ccc(OC)cc1OC1CCCC1. The van der Waals surface area contributed by atoms with Gasteiger partial charge >= 0.3 is 0 Å². The monoisotopic (exact) mass is 320 g/mol. The second kappa shape index (κ2) is 8.77. The number of ether oxygens (including phenoxy) is 2. The van der Waals surface area contributed by atoms with Crippen LogP contribution >= 0.6 is 0 Å². The van der Waals surface area contributed by atoms with E-state index in [2.05, 4.69) is 5.32 Å². The van der Waals surface area contributed by atoms with Gasteiger partial charge < -0.3 is 20.5 Å². The second-order valence-electron chi connectivity index (χ2n) is 6.11. The van der Waals surface area contributed by atoms with E-state index < -0.39 is 6.04 Å². The van der Waals surface area contributed by atoms with Crippen molar-refractivity contribution in [3.8, 4) is 11.5 Å². The highest BCUT2D eigenvalue weighted by atomic mass is 16.5. The molecule has 1 fully saturated rings. The minimum Gasteiger partial charge on any atom is -0.497 e. The number of methoxy groups -OCH3 is 1. The highest BCUT2D eigenvalue weighted by Crippen LogP contribution is 2.30. The molecule has 3 N–H and O–H groups in total. The lowest BCUT2D eigenvalue weighted by molar-refractivity contribution is -0.122. The first-order valence-corrected chi connectivity index (χ1v) is 8.51. The van der Waals surface area contributed by atoms with E-state index in [0.717, 1.165) is 36.3 Å². The molecule has 1 aliphatic rings. The second-order valence-corrected chi connectivity index (χ2v) is 6.11. The van der Waals surface area contributed by atoms with E-state index in [0.29, 0.717) is 13.0 Å². The molecule has 0 heterocycles. The predicted octanol–water partition coefficient (Wildman–Crippen LogP) is 2.76. The number of carbonyl (C=O) groups excluding carboxylic acids is 1. The molecule has 1 aliphatic carbocycles. The predicted molar refractivity (Wildman–Crippen MR) is 90.6 cm³/mol. The Morgan fingerprint density at radius 2 is 2.13 bits per heavy atom. The molecule has 0 aliphatic heterocycles. The van der Waals surface area contributed by atoms with Gasteiger partial charge in [0.25, 0.3) is 0 Å². The summed E-state index contributed by atoms with van der Waals surface area (Å²) in [5.41, 5.74) is 6.80. The lowest BCUT2D eigenvalue weighted by Crippen LogP contribution is -2.40. The molecule has 23 heavy (non-hydrogen) atoms. The number of rotatable bonds is 8. The van der Waals surface area contributed by atoms with E-state index in [1.807, 2.05) is 25.1 Å². The van der Waals surface area contributed by atoms with Crippen LogP contribution in [0, 0.1) is 0 Å². The number of hydrogen-bond donors (Lipinski definition) is 2. The molecule has 0 bridgehead atoms.